The maximum atomic E-state index is 14.3. The molecule has 3 aromatic carbocycles. The largest absolute Gasteiger partial charge is 0.506 e. The van der Waals surface area contributed by atoms with E-state index in [-0.39, 0.29) is 11.6 Å². The Balaban J connectivity index is 1.46. The summed E-state index contributed by atoms with van der Waals surface area (Å²) in [7, 11) is 0. The first-order valence-electron chi connectivity index (χ1n) is 10.4. The van der Waals surface area contributed by atoms with E-state index in [0.717, 1.165) is 6.07 Å². The van der Waals surface area contributed by atoms with E-state index < -0.39 is 17.3 Å². The molecule has 4 aromatic rings. The fourth-order valence-electron chi connectivity index (χ4n) is 4.27. The smallest absolute Gasteiger partial charge is 0.325 e. The van der Waals surface area contributed by atoms with E-state index in [2.05, 4.69) is 31.5 Å². The van der Waals surface area contributed by atoms with Gasteiger partial charge in [-0.2, -0.15) is 0 Å². The number of thiazole rings is 1. The molecule has 1 aromatic heterocycles. The molecule has 0 fully saturated rings. The maximum absolute atomic E-state index is 14.3. The normalized spacial score (nSPS) is 14.3. The zero-order valence-electron chi connectivity index (χ0n) is 18.1. The highest BCUT2D eigenvalue weighted by molar-refractivity contribution is 9.10. The van der Waals surface area contributed by atoms with Crippen molar-refractivity contribution >= 4 is 65.7 Å². The average Bonchev–Trinajstić information content (AvgIpc) is 3.29. The molecule has 5 rings (SSSR count). The van der Waals surface area contributed by atoms with Crippen molar-refractivity contribution in [2.24, 2.45) is 0 Å². The second-order valence-corrected chi connectivity index (χ2v) is 10.4. The number of phenolic OH excluding ortho intramolecular Hbond substituents is 1. The molecule has 0 spiro atoms. The highest BCUT2D eigenvalue weighted by Crippen LogP contribution is 2.53. The molecular weight excluding hydrogens is 526 g/mol. The Morgan fingerprint density at radius 2 is 1.94 bits per heavy atom. The SMILES string of the molecule is CC1(C)CN(c2ccccc2NC(=O)Nc2nc3ccc(F)cc3s2)c2c(O)cc(F)c(Br)c21. The lowest BCUT2D eigenvalue weighted by Crippen LogP contribution is -2.27. The standard InChI is InChI=1S/C24H19BrF2N4O2S/c1-24(2)11-31(21-17(32)10-13(27)20(25)19(21)24)16-6-4-3-5-14(16)28-22(33)30-23-29-15-8-7-12(26)9-18(15)34-23/h3-10,32H,11H2,1-2H3,(H2,28,29,30,33). The molecule has 0 radical (unpaired) electrons. The minimum absolute atomic E-state index is 0.178. The van der Waals surface area contributed by atoms with Gasteiger partial charge in [-0.1, -0.05) is 37.3 Å². The highest BCUT2D eigenvalue weighted by atomic mass is 79.9. The van der Waals surface area contributed by atoms with Gasteiger partial charge in [0.15, 0.2) is 5.13 Å². The molecule has 174 valence electrons. The third-order valence-corrected chi connectivity index (χ3v) is 7.40. The number of halogens is 3. The van der Waals surface area contributed by atoms with Crippen LogP contribution in [0.5, 0.6) is 5.75 Å². The van der Waals surface area contributed by atoms with E-state index in [9.17, 15) is 18.7 Å². The molecule has 10 heteroatoms. The summed E-state index contributed by atoms with van der Waals surface area (Å²) in [4.78, 5) is 19.0. The van der Waals surface area contributed by atoms with E-state index in [4.69, 9.17) is 0 Å². The predicted molar refractivity (Wildman–Crippen MR) is 134 cm³/mol. The zero-order chi connectivity index (χ0) is 24.2. The number of phenols is 1. The summed E-state index contributed by atoms with van der Waals surface area (Å²) in [5.41, 5.74) is 2.40. The van der Waals surface area contributed by atoms with Crippen LogP contribution in [0.4, 0.5) is 35.8 Å². The van der Waals surface area contributed by atoms with Crippen molar-refractivity contribution in [3.05, 3.63) is 70.2 Å². The first kappa shape index (κ1) is 22.5. The molecule has 34 heavy (non-hydrogen) atoms. The van der Waals surface area contributed by atoms with Crippen molar-refractivity contribution in [2.75, 3.05) is 22.1 Å². The minimum atomic E-state index is -0.535. The Morgan fingerprint density at radius 3 is 2.74 bits per heavy atom. The summed E-state index contributed by atoms with van der Waals surface area (Å²) in [6, 6.07) is 12.0. The van der Waals surface area contributed by atoms with Gasteiger partial charge in [0.05, 0.1) is 31.8 Å². The van der Waals surface area contributed by atoms with Gasteiger partial charge in [-0.15, -0.1) is 0 Å². The van der Waals surface area contributed by atoms with E-state index >= 15 is 0 Å². The van der Waals surface area contributed by atoms with E-state index in [0.29, 0.717) is 49.0 Å². The molecule has 0 saturated heterocycles. The third-order valence-electron chi connectivity index (χ3n) is 5.69. The number of nitrogens with one attached hydrogen (secondary N) is 2. The minimum Gasteiger partial charge on any atom is -0.506 e. The Kier molecular flexibility index (Phi) is 5.44. The lowest BCUT2D eigenvalue weighted by Gasteiger charge is -2.25. The van der Waals surface area contributed by atoms with Crippen LogP contribution >= 0.6 is 27.3 Å². The number of nitrogens with zero attached hydrogens (tertiary/aromatic N) is 2. The number of carbonyl (C=O) groups is 1. The van der Waals surface area contributed by atoms with Crippen LogP contribution in [-0.4, -0.2) is 22.7 Å². The van der Waals surface area contributed by atoms with E-state index in [1.165, 1.54) is 23.5 Å². The lowest BCUT2D eigenvalue weighted by atomic mass is 9.87. The summed E-state index contributed by atoms with van der Waals surface area (Å²) in [5.74, 6) is -1.08. The second kappa shape index (κ2) is 8.21. The van der Waals surface area contributed by atoms with Crippen molar-refractivity contribution in [1.82, 2.24) is 4.98 Å². The summed E-state index contributed by atoms with van der Waals surface area (Å²) in [5, 5.41) is 16.5. The molecule has 1 aliphatic heterocycles. The number of para-hydroxylation sites is 2. The molecular formula is C24H19BrF2N4O2S. The van der Waals surface area contributed by atoms with E-state index in [1.807, 2.05) is 30.9 Å². The van der Waals surface area contributed by atoms with Crippen LogP contribution in [0.3, 0.4) is 0 Å². The number of rotatable bonds is 3. The number of aromatic nitrogens is 1. The number of urea groups is 1. The van der Waals surface area contributed by atoms with Gasteiger partial charge in [0.2, 0.25) is 0 Å². The third kappa shape index (κ3) is 3.86. The molecule has 2 amide bonds. The van der Waals surface area contributed by atoms with Crippen LogP contribution in [0.1, 0.15) is 19.4 Å². The predicted octanol–water partition coefficient (Wildman–Crippen LogP) is 7.12. The van der Waals surface area contributed by atoms with Crippen LogP contribution < -0.4 is 15.5 Å². The molecule has 0 saturated carbocycles. The molecule has 0 aliphatic carbocycles. The Hall–Kier alpha value is -3.24. The summed E-state index contributed by atoms with van der Waals surface area (Å²) >= 11 is 4.50. The molecule has 0 atom stereocenters. The fraction of sp³-hybridized carbons (Fsp3) is 0.167. The molecule has 3 N–H and O–H groups in total. The number of aromatic hydroxyl groups is 1. The van der Waals surface area contributed by atoms with Gasteiger partial charge < -0.3 is 15.3 Å². The van der Waals surface area contributed by atoms with Crippen molar-refractivity contribution in [1.29, 1.82) is 0 Å². The first-order valence-corrected chi connectivity index (χ1v) is 12.0. The number of benzene rings is 3. The number of fused-ring (bicyclic) bond motifs is 2. The van der Waals surface area contributed by atoms with Crippen LogP contribution in [-0.2, 0) is 5.41 Å². The van der Waals surface area contributed by atoms with Gasteiger partial charge in [-0.05, 0) is 46.3 Å². The second-order valence-electron chi connectivity index (χ2n) is 8.61. The highest BCUT2D eigenvalue weighted by Gasteiger charge is 2.41. The van der Waals surface area contributed by atoms with Crippen LogP contribution in [0.2, 0.25) is 0 Å². The monoisotopic (exact) mass is 544 g/mol. The van der Waals surface area contributed by atoms with Gasteiger partial charge in [-0.3, -0.25) is 5.32 Å². The average molecular weight is 545 g/mol. The Labute approximate surface area is 206 Å². The molecule has 2 heterocycles. The Morgan fingerprint density at radius 1 is 1.18 bits per heavy atom. The van der Waals surface area contributed by atoms with Gasteiger partial charge >= 0.3 is 6.03 Å². The summed E-state index contributed by atoms with van der Waals surface area (Å²) in [6.45, 7) is 4.39. The van der Waals surface area contributed by atoms with E-state index in [1.54, 1.807) is 18.2 Å². The number of anilines is 4. The lowest BCUT2D eigenvalue weighted by molar-refractivity contribution is 0.262. The van der Waals surface area contributed by atoms with Gasteiger partial charge in [0.25, 0.3) is 0 Å². The number of hydrogen-bond donors (Lipinski definition) is 3. The van der Waals surface area contributed by atoms with Gasteiger partial charge in [-0.25, -0.2) is 18.6 Å². The van der Waals surface area contributed by atoms with Crippen molar-refractivity contribution < 1.29 is 18.7 Å². The first-order chi connectivity index (χ1) is 16.1. The van der Waals surface area contributed by atoms with Crippen LogP contribution in [0, 0.1) is 11.6 Å². The fourth-order valence-corrected chi connectivity index (χ4v) is 6.00. The van der Waals surface area contributed by atoms with Crippen LogP contribution in [0.15, 0.2) is 53.0 Å². The number of hydrogen-bond acceptors (Lipinski definition) is 5. The summed E-state index contributed by atoms with van der Waals surface area (Å²) < 4.78 is 28.7. The van der Waals surface area contributed by atoms with Crippen molar-refractivity contribution in [3.63, 3.8) is 0 Å². The molecule has 0 bridgehead atoms. The van der Waals surface area contributed by atoms with Crippen molar-refractivity contribution in [2.45, 2.75) is 19.3 Å². The van der Waals surface area contributed by atoms with Crippen LogP contribution in [0.25, 0.3) is 10.2 Å². The van der Waals surface area contributed by atoms with Crippen molar-refractivity contribution in [3.8, 4) is 5.75 Å². The topological polar surface area (TPSA) is 77.5 Å². The number of carbonyl (C=O) groups excluding carboxylic acids is 1. The summed E-state index contributed by atoms with van der Waals surface area (Å²) in [6.07, 6.45) is 0. The van der Waals surface area contributed by atoms with Gasteiger partial charge in [0.1, 0.15) is 17.4 Å². The zero-order valence-corrected chi connectivity index (χ0v) is 20.5. The molecule has 6 nitrogen and oxygen atoms in total. The molecule has 0 unspecified atom stereocenters. The quantitative estimate of drug-likeness (QED) is 0.256. The Bertz CT molecular complexity index is 1460. The molecule has 1 aliphatic rings. The van der Waals surface area contributed by atoms with Gasteiger partial charge in [0, 0.05) is 23.6 Å². The number of amides is 2. The maximum Gasteiger partial charge on any atom is 0.325 e.